The van der Waals surface area contributed by atoms with Crippen LogP contribution in [0, 0.1) is 6.92 Å². The second kappa shape index (κ2) is 8.32. The lowest BCUT2D eigenvalue weighted by molar-refractivity contribution is -0.122. The number of benzene rings is 2. The van der Waals surface area contributed by atoms with Gasteiger partial charge in [-0.3, -0.25) is 4.79 Å². The van der Waals surface area contributed by atoms with Crippen LogP contribution in [0.5, 0.6) is 17.2 Å². The summed E-state index contributed by atoms with van der Waals surface area (Å²) in [6.45, 7) is 0.514. The van der Waals surface area contributed by atoms with E-state index in [1.807, 2.05) is 25.1 Å². The molecule has 1 unspecified atom stereocenters. The average Bonchev–Trinajstić information content (AvgIpc) is 2.54. The molecule has 0 saturated heterocycles. The van der Waals surface area contributed by atoms with E-state index in [9.17, 15) is 13.6 Å². The predicted octanol–water partition coefficient (Wildman–Crippen LogP) is 4.01. The maximum atomic E-state index is 12.4. The number of rotatable bonds is 7. The summed E-state index contributed by atoms with van der Waals surface area (Å²) in [5.74, 6) is 0.124. The van der Waals surface area contributed by atoms with Crippen molar-refractivity contribution < 1.29 is 27.8 Å². The average molecular weight is 351 g/mol. The molecule has 134 valence electrons. The molecule has 0 heterocycles. The number of anilines is 1. The summed E-state index contributed by atoms with van der Waals surface area (Å²) in [6.07, 6.45) is -0.775. The molecule has 0 aliphatic heterocycles. The minimum atomic E-state index is -3.00. The third-order valence-electron chi connectivity index (χ3n) is 3.32. The standard InChI is InChI=1S/C18H19F2NO4/c1-11-5-4-6-14(9-11)24-12(2)17(22)21-13-7-8-15(23-3)16(10-13)25-18(19)20/h4-10,12,18H,1-3H3,(H,21,22). The fraction of sp³-hybridized carbons (Fsp3) is 0.278. The fourth-order valence-electron chi connectivity index (χ4n) is 2.13. The molecule has 0 radical (unpaired) electrons. The number of carbonyl (C=O) groups excluding carboxylic acids is 1. The molecule has 0 fully saturated rings. The molecule has 0 saturated carbocycles. The highest BCUT2D eigenvalue weighted by Gasteiger charge is 2.17. The first-order chi connectivity index (χ1) is 11.9. The third-order valence-corrected chi connectivity index (χ3v) is 3.32. The number of hydrogen-bond acceptors (Lipinski definition) is 4. The summed E-state index contributed by atoms with van der Waals surface area (Å²) in [7, 11) is 1.34. The molecule has 2 aromatic carbocycles. The monoisotopic (exact) mass is 351 g/mol. The van der Waals surface area contributed by atoms with Crippen molar-refractivity contribution >= 4 is 11.6 Å². The summed E-state index contributed by atoms with van der Waals surface area (Å²) < 4.78 is 39.8. The van der Waals surface area contributed by atoms with Crippen molar-refractivity contribution in [3.63, 3.8) is 0 Å². The summed E-state index contributed by atoms with van der Waals surface area (Å²) in [5, 5.41) is 2.60. The Balaban J connectivity index is 2.06. The Hall–Kier alpha value is -2.83. The van der Waals surface area contributed by atoms with E-state index in [0.717, 1.165) is 5.56 Å². The van der Waals surface area contributed by atoms with Crippen molar-refractivity contribution in [1.82, 2.24) is 0 Å². The van der Waals surface area contributed by atoms with E-state index in [0.29, 0.717) is 11.4 Å². The van der Waals surface area contributed by atoms with Crippen molar-refractivity contribution in [3.05, 3.63) is 48.0 Å². The van der Waals surface area contributed by atoms with Crippen LogP contribution in [-0.4, -0.2) is 25.7 Å². The smallest absolute Gasteiger partial charge is 0.387 e. The highest BCUT2D eigenvalue weighted by Crippen LogP contribution is 2.31. The van der Waals surface area contributed by atoms with Gasteiger partial charge < -0.3 is 19.5 Å². The molecule has 2 rings (SSSR count). The van der Waals surface area contributed by atoms with Crippen molar-refractivity contribution in [2.75, 3.05) is 12.4 Å². The van der Waals surface area contributed by atoms with E-state index < -0.39 is 18.6 Å². The molecule has 25 heavy (non-hydrogen) atoms. The maximum Gasteiger partial charge on any atom is 0.387 e. The molecular formula is C18H19F2NO4. The second-order valence-corrected chi connectivity index (χ2v) is 5.31. The van der Waals surface area contributed by atoms with Gasteiger partial charge in [0, 0.05) is 11.8 Å². The van der Waals surface area contributed by atoms with Crippen LogP contribution in [0.25, 0.3) is 0 Å². The summed E-state index contributed by atoms with van der Waals surface area (Å²) in [6, 6.07) is 11.5. The lowest BCUT2D eigenvalue weighted by atomic mass is 10.2. The lowest BCUT2D eigenvalue weighted by Crippen LogP contribution is -2.30. The van der Waals surface area contributed by atoms with Crippen molar-refractivity contribution in [2.24, 2.45) is 0 Å². The predicted molar refractivity (Wildman–Crippen MR) is 89.5 cm³/mol. The molecule has 0 aliphatic rings. The maximum absolute atomic E-state index is 12.4. The van der Waals surface area contributed by atoms with Gasteiger partial charge >= 0.3 is 6.61 Å². The molecule has 7 heteroatoms. The van der Waals surface area contributed by atoms with Gasteiger partial charge in [-0.2, -0.15) is 8.78 Å². The van der Waals surface area contributed by atoms with E-state index in [1.165, 1.54) is 25.3 Å². The van der Waals surface area contributed by atoms with Gasteiger partial charge in [0.2, 0.25) is 0 Å². The van der Waals surface area contributed by atoms with Crippen molar-refractivity contribution in [3.8, 4) is 17.2 Å². The summed E-state index contributed by atoms with van der Waals surface area (Å²) >= 11 is 0. The number of aryl methyl sites for hydroxylation is 1. The molecule has 0 aliphatic carbocycles. The van der Waals surface area contributed by atoms with Crippen LogP contribution in [-0.2, 0) is 4.79 Å². The first-order valence-electron chi connectivity index (χ1n) is 7.56. The normalized spacial score (nSPS) is 11.8. The van der Waals surface area contributed by atoms with Gasteiger partial charge in [0.05, 0.1) is 7.11 Å². The van der Waals surface area contributed by atoms with Gasteiger partial charge in [0.1, 0.15) is 5.75 Å². The molecule has 2 aromatic rings. The largest absolute Gasteiger partial charge is 0.493 e. The zero-order valence-corrected chi connectivity index (χ0v) is 14.1. The Morgan fingerprint density at radius 1 is 1.08 bits per heavy atom. The summed E-state index contributed by atoms with van der Waals surface area (Å²) in [5.41, 5.74) is 1.30. The SMILES string of the molecule is COc1ccc(NC(=O)C(C)Oc2cccc(C)c2)cc1OC(F)F. The molecule has 5 nitrogen and oxygen atoms in total. The molecule has 1 amide bonds. The van der Waals surface area contributed by atoms with E-state index in [-0.39, 0.29) is 11.5 Å². The molecule has 0 spiro atoms. The zero-order chi connectivity index (χ0) is 18.4. The first-order valence-corrected chi connectivity index (χ1v) is 7.56. The van der Waals surface area contributed by atoms with Crippen molar-refractivity contribution in [1.29, 1.82) is 0 Å². The van der Waals surface area contributed by atoms with E-state index in [4.69, 9.17) is 9.47 Å². The van der Waals surface area contributed by atoms with Gasteiger partial charge in [-0.15, -0.1) is 0 Å². The van der Waals surface area contributed by atoms with Gasteiger partial charge in [0.25, 0.3) is 5.91 Å². The fourth-order valence-corrected chi connectivity index (χ4v) is 2.13. The number of hydrogen-bond donors (Lipinski definition) is 1. The second-order valence-electron chi connectivity index (χ2n) is 5.31. The van der Waals surface area contributed by atoms with E-state index in [2.05, 4.69) is 10.1 Å². The number of nitrogens with one attached hydrogen (secondary N) is 1. The molecule has 1 atom stereocenters. The summed E-state index contributed by atoms with van der Waals surface area (Å²) in [4.78, 5) is 12.2. The number of alkyl halides is 2. The zero-order valence-electron chi connectivity index (χ0n) is 14.1. The number of methoxy groups -OCH3 is 1. The minimum absolute atomic E-state index is 0.141. The third kappa shape index (κ3) is 5.34. The van der Waals surface area contributed by atoms with Gasteiger partial charge in [-0.1, -0.05) is 12.1 Å². The van der Waals surface area contributed by atoms with Crippen LogP contribution in [0.3, 0.4) is 0 Å². The van der Waals surface area contributed by atoms with Gasteiger partial charge in [0.15, 0.2) is 17.6 Å². The van der Waals surface area contributed by atoms with Crippen molar-refractivity contribution in [2.45, 2.75) is 26.6 Å². The van der Waals surface area contributed by atoms with Gasteiger partial charge in [-0.25, -0.2) is 0 Å². The van der Waals surface area contributed by atoms with E-state index in [1.54, 1.807) is 13.0 Å². The molecule has 0 aromatic heterocycles. The number of amides is 1. The molecule has 1 N–H and O–H groups in total. The quantitative estimate of drug-likeness (QED) is 0.819. The Bertz CT molecular complexity index is 737. The topological polar surface area (TPSA) is 56.8 Å². The highest BCUT2D eigenvalue weighted by molar-refractivity contribution is 5.94. The Kier molecular flexibility index (Phi) is 6.16. The van der Waals surface area contributed by atoms with Crippen LogP contribution in [0.15, 0.2) is 42.5 Å². The van der Waals surface area contributed by atoms with Gasteiger partial charge in [-0.05, 0) is 43.7 Å². The van der Waals surface area contributed by atoms with Crippen LogP contribution < -0.4 is 19.5 Å². The lowest BCUT2D eigenvalue weighted by Gasteiger charge is -2.16. The Morgan fingerprint density at radius 2 is 1.84 bits per heavy atom. The Morgan fingerprint density at radius 3 is 2.48 bits per heavy atom. The Labute approximate surface area is 144 Å². The van der Waals surface area contributed by atoms with Crippen LogP contribution >= 0.6 is 0 Å². The first kappa shape index (κ1) is 18.5. The molecular weight excluding hydrogens is 332 g/mol. The van der Waals surface area contributed by atoms with E-state index >= 15 is 0 Å². The minimum Gasteiger partial charge on any atom is -0.493 e. The number of ether oxygens (including phenoxy) is 3. The molecule has 0 bridgehead atoms. The highest BCUT2D eigenvalue weighted by atomic mass is 19.3. The number of carbonyl (C=O) groups is 1. The number of halogens is 2. The van der Waals surface area contributed by atoms with Crippen LogP contribution in [0.2, 0.25) is 0 Å². The van der Waals surface area contributed by atoms with Crippen LogP contribution in [0.4, 0.5) is 14.5 Å². The van der Waals surface area contributed by atoms with Crippen LogP contribution in [0.1, 0.15) is 12.5 Å².